The number of likely N-dealkylation sites (tertiary alicyclic amines) is 1. The van der Waals surface area contributed by atoms with Crippen LogP contribution in [0.2, 0.25) is 0 Å². The molecule has 0 aromatic heterocycles. The zero-order chi connectivity index (χ0) is 16.0. The highest BCUT2D eigenvalue weighted by molar-refractivity contribution is 5.68. The molecule has 1 fully saturated rings. The Morgan fingerprint density at radius 3 is 2.62 bits per heavy atom. The van der Waals surface area contributed by atoms with Crippen LogP contribution in [0.15, 0.2) is 0 Å². The van der Waals surface area contributed by atoms with Crippen LogP contribution >= 0.6 is 0 Å². The Hall–Kier alpha value is -0.810. The summed E-state index contributed by atoms with van der Waals surface area (Å²) in [6.07, 6.45) is 2.04. The lowest BCUT2D eigenvalue weighted by molar-refractivity contribution is 0.0116. The van der Waals surface area contributed by atoms with E-state index >= 15 is 0 Å². The first-order valence-electron chi connectivity index (χ1n) is 8.05. The molecule has 1 saturated heterocycles. The molecule has 5 heteroatoms. The number of ether oxygens (including phenoxy) is 1. The SMILES string of the molecule is CC(C)N(CC1CCCN(CCO)C1)C(=O)OC(C)(C)C. The Balaban J connectivity index is 2.59. The fourth-order valence-electron chi connectivity index (χ4n) is 2.74. The number of rotatable bonds is 5. The number of β-amino-alcohol motifs (C(OH)–C–C–N with tert-alkyl or cyclic N) is 1. The average molecular weight is 300 g/mol. The van der Waals surface area contributed by atoms with Crippen molar-refractivity contribution < 1.29 is 14.6 Å². The van der Waals surface area contributed by atoms with Crippen molar-refractivity contribution in [3.8, 4) is 0 Å². The predicted molar refractivity (Wildman–Crippen MR) is 84.3 cm³/mol. The summed E-state index contributed by atoms with van der Waals surface area (Å²) in [4.78, 5) is 16.4. The molecule has 21 heavy (non-hydrogen) atoms. The molecule has 1 unspecified atom stereocenters. The smallest absolute Gasteiger partial charge is 0.410 e. The number of piperidine rings is 1. The number of carbonyl (C=O) groups is 1. The van der Waals surface area contributed by atoms with E-state index in [9.17, 15) is 4.79 Å². The van der Waals surface area contributed by atoms with Gasteiger partial charge in [0.15, 0.2) is 0 Å². The molecule has 1 aliphatic heterocycles. The Morgan fingerprint density at radius 1 is 1.43 bits per heavy atom. The molecule has 1 rings (SSSR count). The van der Waals surface area contributed by atoms with E-state index in [-0.39, 0.29) is 18.7 Å². The zero-order valence-electron chi connectivity index (χ0n) is 14.3. The van der Waals surface area contributed by atoms with Crippen LogP contribution in [0.4, 0.5) is 4.79 Å². The van der Waals surface area contributed by atoms with Crippen LogP contribution in [0.1, 0.15) is 47.5 Å². The molecule has 5 nitrogen and oxygen atoms in total. The van der Waals surface area contributed by atoms with Crippen LogP contribution < -0.4 is 0 Å². The van der Waals surface area contributed by atoms with Gasteiger partial charge in [-0.25, -0.2) is 4.79 Å². The first-order valence-corrected chi connectivity index (χ1v) is 8.05. The summed E-state index contributed by atoms with van der Waals surface area (Å²) in [5.74, 6) is 0.459. The summed E-state index contributed by atoms with van der Waals surface area (Å²) in [6.45, 7) is 13.4. The summed E-state index contributed by atoms with van der Waals surface area (Å²) in [5.41, 5.74) is -0.459. The molecule has 1 amide bonds. The van der Waals surface area contributed by atoms with Crippen LogP contribution in [0, 0.1) is 5.92 Å². The summed E-state index contributed by atoms with van der Waals surface area (Å²) in [7, 11) is 0. The van der Waals surface area contributed by atoms with Gasteiger partial charge in [0.2, 0.25) is 0 Å². The van der Waals surface area contributed by atoms with Crippen molar-refractivity contribution in [2.24, 2.45) is 5.92 Å². The minimum absolute atomic E-state index is 0.132. The van der Waals surface area contributed by atoms with E-state index in [1.54, 1.807) is 0 Å². The lowest BCUT2D eigenvalue weighted by Gasteiger charge is -2.37. The van der Waals surface area contributed by atoms with Crippen molar-refractivity contribution >= 4 is 6.09 Å². The van der Waals surface area contributed by atoms with Gasteiger partial charge >= 0.3 is 6.09 Å². The standard InChI is InChI=1S/C16H32N2O3/c1-13(2)18(15(20)21-16(3,4)5)12-14-7-6-8-17(11-14)9-10-19/h13-14,19H,6-12H2,1-5H3. The fourth-order valence-corrected chi connectivity index (χ4v) is 2.74. The third-order valence-corrected chi connectivity index (χ3v) is 3.73. The van der Waals surface area contributed by atoms with E-state index in [1.807, 2.05) is 39.5 Å². The monoisotopic (exact) mass is 300 g/mol. The van der Waals surface area contributed by atoms with Crippen LogP contribution in [0.3, 0.4) is 0 Å². The number of hydrogen-bond acceptors (Lipinski definition) is 4. The minimum atomic E-state index is -0.459. The third-order valence-electron chi connectivity index (χ3n) is 3.73. The van der Waals surface area contributed by atoms with Gasteiger partial charge in [-0.05, 0) is 59.9 Å². The van der Waals surface area contributed by atoms with Crippen LogP contribution in [0.25, 0.3) is 0 Å². The van der Waals surface area contributed by atoms with Gasteiger partial charge in [-0.3, -0.25) is 0 Å². The average Bonchev–Trinajstić information content (AvgIpc) is 2.34. The molecular weight excluding hydrogens is 268 g/mol. The van der Waals surface area contributed by atoms with Crippen molar-refractivity contribution in [2.75, 3.05) is 32.8 Å². The summed E-state index contributed by atoms with van der Waals surface area (Å²) in [6, 6.07) is 0.132. The van der Waals surface area contributed by atoms with E-state index in [4.69, 9.17) is 9.84 Å². The van der Waals surface area contributed by atoms with Gasteiger partial charge in [0.05, 0.1) is 6.61 Å². The quantitative estimate of drug-likeness (QED) is 0.847. The molecule has 0 saturated carbocycles. The highest BCUT2D eigenvalue weighted by atomic mass is 16.6. The second kappa shape index (κ2) is 7.99. The van der Waals surface area contributed by atoms with Crippen molar-refractivity contribution in [3.05, 3.63) is 0 Å². The summed E-state index contributed by atoms with van der Waals surface area (Å²) < 4.78 is 5.51. The third kappa shape index (κ3) is 6.66. The van der Waals surface area contributed by atoms with Gasteiger partial charge in [0, 0.05) is 25.7 Å². The van der Waals surface area contributed by atoms with Gasteiger partial charge in [-0.2, -0.15) is 0 Å². The maximum absolute atomic E-state index is 12.3. The zero-order valence-corrected chi connectivity index (χ0v) is 14.3. The first kappa shape index (κ1) is 18.2. The molecule has 124 valence electrons. The first-order chi connectivity index (χ1) is 9.73. The molecule has 0 bridgehead atoms. The van der Waals surface area contributed by atoms with Crippen LogP contribution in [-0.4, -0.2) is 65.4 Å². The lowest BCUT2D eigenvalue weighted by atomic mass is 9.97. The van der Waals surface area contributed by atoms with Crippen molar-refractivity contribution in [1.29, 1.82) is 0 Å². The highest BCUT2D eigenvalue weighted by Gasteiger charge is 2.28. The lowest BCUT2D eigenvalue weighted by Crippen LogP contribution is -2.47. The van der Waals surface area contributed by atoms with Gasteiger partial charge < -0.3 is 19.6 Å². The fraction of sp³-hybridized carbons (Fsp3) is 0.938. The molecule has 1 N–H and O–H groups in total. The van der Waals surface area contributed by atoms with E-state index in [0.29, 0.717) is 5.92 Å². The second-order valence-electron chi connectivity index (χ2n) is 7.26. The van der Waals surface area contributed by atoms with E-state index in [0.717, 1.165) is 39.0 Å². The van der Waals surface area contributed by atoms with Crippen molar-refractivity contribution in [3.63, 3.8) is 0 Å². The molecular formula is C16H32N2O3. The van der Waals surface area contributed by atoms with E-state index in [2.05, 4.69) is 4.90 Å². The van der Waals surface area contributed by atoms with Gasteiger partial charge in [-0.15, -0.1) is 0 Å². The maximum Gasteiger partial charge on any atom is 0.410 e. The number of nitrogens with zero attached hydrogens (tertiary/aromatic N) is 2. The van der Waals surface area contributed by atoms with Crippen LogP contribution in [0.5, 0.6) is 0 Å². The van der Waals surface area contributed by atoms with Gasteiger partial charge in [-0.1, -0.05) is 0 Å². The predicted octanol–water partition coefficient (Wildman–Crippen LogP) is 2.34. The molecule has 1 atom stereocenters. The Bertz CT molecular complexity index is 324. The van der Waals surface area contributed by atoms with Gasteiger partial charge in [0.25, 0.3) is 0 Å². The van der Waals surface area contributed by atoms with E-state index < -0.39 is 5.60 Å². The Kier molecular flexibility index (Phi) is 6.94. The minimum Gasteiger partial charge on any atom is -0.444 e. The highest BCUT2D eigenvalue weighted by Crippen LogP contribution is 2.20. The van der Waals surface area contributed by atoms with Gasteiger partial charge in [0.1, 0.15) is 5.60 Å². The van der Waals surface area contributed by atoms with Crippen LogP contribution in [-0.2, 0) is 4.74 Å². The molecule has 1 heterocycles. The van der Waals surface area contributed by atoms with Crippen molar-refractivity contribution in [1.82, 2.24) is 9.80 Å². The molecule has 0 aromatic rings. The Morgan fingerprint density at radius 2 is 2.10 bits per heavy atom. The normalized spacial score (nSPS) is 20.6. The molecule has 0 radical (unpaired) electrons. The molecule has 0 aromatic carbocycles. The molecule has 0 spiro atoms. The summed E-state index contributed by atoms with van der Waals surface area (Å²) >= 11 is 0. The number of amides is 1. The van der Waals surface area contributed by atoms with E-state index in [1.165, 1.54) is 0 Å². The number of aliphatic hydroxyl groups is 1. The number of hydrogen-bond donors (Lipinski definition) is 1. The number of carbonyl (C=O) groups excluding carboxylic acids is 1. The Labute approximate surface area is 129 Å². The second-order valence-corrected chi connectivity index (χ2v) is 7.26. The molecule has 1 aliphatic rings. The number of aliphatic hydroxyl groups excluding tert-OH is 1. The molecule has 0 aliphatic carbocycles. The maximum atomic E-state index is 12.3. The largest absolute Gasteiger partial charge is 0.444 e. The summed E-state index contributed by atoms with van der Waals surface area (Å²) in [5, 5.41) is 9.06. The van der Waals surface area contributed by atoms with Crippen molar-refractivity contribution in [2.45, 2.75) is 59.1 Å². The topological polar surface area (TPSA) is 53.0 Å².